The highest BCUT2D eigenvalue weighted by molar-refractivity contribution is 5.94. The molecule has 5 nitrogen and oxygen atoms in total. The van der Waals surface area contributed by atoms with Crippen molar-refractivity contribution in [2.45, 2.75) is 31.5 Å². The molecule has 102 valence electrons. The first-order valence-electron chi connectivity index (χ1n) is 6.10. The third-order valence-electron chi connectivity index (χ3n) is 3.38. The van der Waals surface area contributed by atoms with Crippen LogP contribution in [0.4, 0.5) is 14.6 Å². The Kier molecular flexibility index (Phi) is 3.06. The molecule has 1 saturated heterocycles. The molecule has 1 amide bonds. The number of nitrogens with zero attached hydrogens (tertiary/aromatic N) is 1. The van der Waals surface area contributed by atoms with E-state index in [1.54, 1.807) is 0 Å². The van der Waals surface area contributed by atoms with Crippen LogP contribution in [0, 0.1) is 5.92 Å². The molecule has 0 spiro atoms. The van der Waals surface area contributed by atoms with Gasteiger partial charge in [-0.25, -0.2) is 0 Å². The summed E-state index contributed by atoms with van der Waals surface area (Å²) in [4.78, 5) is 15.7. The normalized spacial score (nSPS) is 28.1. The molecule has 1 aliphatic heterocycles. The van der Waals surface area contributed by atoms with E-state index in [1.807, 2.05) is 0 Å². The number of ether oxygens (including phenoxy) is 1. The van der Waals surface area contributed by atoms with Crippen molar-refractivity contribution < 1.29 is 18.3 Å². The standard InChI is InChI=1S/C12H13F2N3O2/c13-12(14)19-10-3-1-2-9(16-10)17-11(18)8-5-6-4-7(6)15-8/h1-3,6-8,12,15H,4-5H2,(H,16,17,18)/t6-,7+,8?/m1/s1. The number of anilines is 1. The molecule has 3 rings (SSSR count). The highest BCUT2D eigenvalue weighted by Crippen LogP contribution is 2.40. The Morgan fingerprint density at radius 2 is 2.32 bits per heavy atom. The molecular weight excluding hydrogens is 256 g/mol. The predicted molar refractivity (Wildman–Crippen MR) is 62.9 cm³/mol. The average molecular weight is 269 g/mol. The largest absolute Gasteiger partial charge is 0.417 e. The number of fused-ring (bicyclic) bond motifs is 1. The average Bonchev–Trinajstić information content (AvgIpc) is 2.95. The molecule has 1 unspecified atom stereocenters. The molecule has 2 aliphatic rings. The number of alkyl halides is 2. The number of piperidine rings is 1. The smallest absolute Gasteiger partial charge is 0.388 e. The number of carbonyl (C=O) groups excluding carboxylic acids is 1. The molecule has 0 bridgehead atoms. The van der Waals surface area contributed by atoms with Gasteiger partial charge in [0.05, 0.1) is 6.04 Å². The second-order valence-corrected chi connectivity index (χ2v) is 4.79. The second kappa shape index (κ2) is 4.73. The van der Waals surface area contributed by atoms with Crippen LogP contribution in [0.1, 0.15) is 12.8 Å². The summed E-state index contributed by atoms with van der Waals surface area (Å²) in [6.07, 6.45) is 1.96. The number of rotatable bonds is 4. The van der Waals surface area contributed by atoms with Gasteiger partial charge in [0.1, 0.15) is 5.82 Å². The maximum atomic E-state index is 12.0. The minimum atomic E-state index is -2.93. The Bertz CT molecular complexity index is 488. The number of aromatic nitrogens is 1. The zero-order valence-corrected chi connectivity index (χ0v) is 9.98. The highest BCUT2D eigenvalue weighted by Gasteiger charge is 2.47. The molecule has 1 aliphatic carbocycles. The summed E-state index contributed by atoms with van der Waals surface area (Å²) < 4.78 is 28.3. The molecule has 2 N–H and O–H groups in total. The van der Waals surface area contributed by atoms with Crippen LogP contribution < -0.4 is 15.4 Å². The molecule has 2 fully saturated rings. The summed E-state index contributed by atoms with van der Waals surface area (Å²) in [7, 11) is 0. The van der Waals surface area contributed by atoms with Crippen LogP contribution in [0.25, 0.3) is 0 Å². The van der Waals surface area contributed by atoms with Gasteiger partial charge >= 0.3 is 6.61 Å². The number of amides is 1. The Hall–Kier alpha value is -1.76. The van der Waals surface area contributed by atoms with Gasteiger partial charge in [-0.2, -0.15) is 13.8 Å². The van der Waals surface area contributed by atoms with Crippen molar-refractivity contribution in [3.63, 3.8) is 0 Å². The van der Waals surface area contributed by atoms with Crippen LogP contribution in [-0.2, 0) is 4.79 Å². The lowest BCUT2D eigenvalue weighted by Gasteiger charge is -2.13. The quantitative estimate of drug-likeness (QED) is 0.866. The van der Waals surface area contributed by atoms with E-state index in [-0.39, 0.29) is 23.6 Å². The van der Waals surface area contributed by atoms with Crippen molar-refractivity contribution in [2.75, 3.05) is 5.32 Å². The fraction of sp³-hybridized carbons (Fsp3) is 0.500. The van der Waals surface area contributed by atoms with Gasteiger partial charge in [-0.15, -0.1) is 0 Å². The van der Waals surface area contributed by atoms with Crippen LogP contribution in [0.15, 0.2) is 18.2 Å². The molecule has 0 radical (unpaired) electrons. The summed E-state index contributed by atoms with van der Waals surface area (Å²) in [6, 6.07) is 4.60. The molecule has 3 atom stereocenters. The minimum Gasteiger partial charge on any atom is -0.417 e. The topological polar surface area (TPSA) is 63.2 Å². The Balaban J connectivity index is 1.60. The zero-order valence-electron chi connectivity index (χ0n) is 9.98. The summed E-state index contributed by atoms with van der Waals surface area (Å²) in [5.74, 6) is 0.423. The van der Waals surface area contributed by atoms with E-state index in [1.165, 1.54) is 18.2 Å². The van der Waals surface area contributed by atoms with Crippen molar-refractivity contribution in [1.29, 1.82) is 0 Å². The van der Waals surface area contributed by atoms with Gasteiger partial charge in [0, 0.05) is 12.1 Å². The van der Waals surface area contributed by atoms with Gasteiger partial charge < -0.3 is 15.4 Å². The van der Waals surface area contributed by atoms with E-state index in [9.17, 15) is 13.6 Å². The monoisotopic (exact) mass is 269 g/mol. The molecule has 1 saturated carbocycles. The number of hydrogen-bond donors (Lipinski definition) is 2. The van der Waals surface area contributed by atoms with Crippen molar-refractivity contribution in [3.05, 3.63) is 18.2 Å². The van der Waals surface area contributed by atoms with Gasteiger partial charge in [-0.3, -0.25) is 4.79 Å². The van der Waals surface area contributed by atoms with Crippen LogP contribution in [-0.4, -0.2) is 29.6 Å². The lowest BCUT2D eigenvalue weighted by Crippen LogP contribution is -2.38. The first-order valence-corrected chi connectivity index (χ1v) is 6.10. The van der Waals surface area contributed by atoms with Crippen LogP contribution in [0.5, 0.6) is 5.88 Å². The molecule has 19 heavy (non-hydrogen) atoms. The van der Waals surface area contributed by atoms with E-state index in [0.717, 1.165) is 12.8 Å². The van der Waals surface area contributed by atoms with Gasteiger partial charge in [0.15, 0.2) is 0 Å². The van der Waals surface area contributed by atoms with Crippen molar-refractivity contribution in [3.8, 4) is 5.88 Å². The lowest BCUT2D eigenvalue weighted by atomic mass is 10.2. The Morgan fingerprint density at radius 3 is 3.00 bits per heavy atom. The van der Waals surface area contributed by atoms with Gasteiger partial charge in [-0.05, 0) is 24.8 Å². The van der Waals surface area contributed by atoms with Crippen LogP contribution >= 0.6 is 0 Å². The van der Waals surface area contributed by atoms with Crippen LogP contribution in [0.3, 0.4) is 0 Å². The van der Waals surface area contributed by atoms with E-state index < -0.39 is 6.61 Å². The van der Waals surface area contributed by atoms with Gasteiger partial charge in [0.2, 0.25) is 11.8 Å². The molecule has 0 aromatic carbocycles. The first kappa shape index (κ1) is 12.3. The van der Waals surface area contributed by atoms with E-state index in [2.05, 4.69) is 20.4 Å². The fourth-order valence-corrected chi connectivity index (χ4v) is 2.38. The third-order valence-corrected chi connectivity index (χ3v) is 3.38. The zero-order chi connectivity index (χ0) is 13.4. The van der Waals surface area contributed by atoms with Gasteiger partial charge in [0.25, 0.3) is 0 Å². The van der Waals surface area contributed by atoms with Gasteiger partial charge in [-0.1, -0.05) is 6.07 Å². The number of carbonyl (C=O) groups is 1. The van der Waals surface area contributed by atoms with Crippen molar-refractivity contribution >= 4 is 11.7 Å². The summed E-state index contributed by atoms with van der Waals surface area (Å²) in [5, 5.41) is 5.80. The van der Waals surface area contributed by atoms with Crippen molar-refractivity contribution in [2.24, 2.45) is 5.92 Å². The first-order chi connectivity index (χ1) is 9.11. The SMILES string of the molecule is O=C(Nc1cccc(OC(F)F)n1)C1C[C@H]2C[C@@H]2N1. The summed E-state index contributed by atoms with van der Waals surface area (Å²) in [6.45, 7) is -2.93. The number of hydrogen-bond acceptors (Lipinski definition) is 4. The maximum Gasteiger partial charge on any atom is 0.388 e. The Labute approximate surface area is 108 Å². The highest BCUT2D eigenvalue weighted by atomic mass is 19.3. The molecule has 1 aromatic heterocycles. The van der Waals surface area contributed by atoms with E-state index in [4.69, 9.17) is 0 Å². The lowest BCUT2D eigenvalue weighted by molar-refractivity contribution is -0.118. The maximum absolute atomic E-state index is 12.0. The second-order valence-electron chi connectivity index (χ2n) is 4.79. The van der Waals surface area contributed by atoms with E-state index in [0.29, 0.717) is 12.0 Å². The molecule has 2 heterocycles. The number of nitrogens with one attached hydrogen (secondary N) is 2. The summed E-state index contributed by atoms with van der Waals surface area (Å²) in [5.41, 5.74) is 0. The predicted octanol–water partition coefficient (Wildman–Crippen LogP) is 1.37. The molecule has 1 aromatic rings. The number of pyridine rings is 1. The molecule has 7 heteroatoms. The van der Waals surface area contributed by atoms with Crippen molar-refractivity contribution in [1.82, 2.24) is 10.3 Å². The number of halogens is 2. The third kappa shape index (κ3) is 2.81. The minimum absolute atomic E-state index is 0.186. The summed E-state index contributed by atoms with van der Waals surface area (Å²) >= 11 is 0. The van der Waals surface area contributed by atoms with Crippen LogP contribution in [0.2, 0.25) is 0 Å². The molecular formula is C12H13F2N3O2. The van der Waals surface area contributed by atoms with E-state index >= 15 is 0 Å². The fourth-order valence-electron chi connectivity index (χ4n) is 2.38. The Morgan fingerprint density at radius 1 is 1.47 bits per heavy atom.